The molecule has 2 amide bonds. The van der Waals surface area contributed by atoms with Gasteiger partial charge in [-0.25, -0.2) is 4.79 Å². The van der Waals surface area contributed by atoms with Gasteiger partial charge in [-0.15, -0.1) is 0 Å². The highest BCUT2D eigenvalue weighted by atomic mass is 16.7. The summed E-state index contributed by atoms with van der Waals surface area (Å²) in [5, 5.41) is 26.3. The van der Waals surface area contributed by atoms with Crippen LogP contribution in [0.3, 0.4) is 0 Å². The number of rotatable bonds is 11. The number of nitro benzene ring substituents is 1. The predicted molar refractivity (Wildman–Crippen MR) is 188 cm³/mol. The Labute approximate surface area is 286 Å². The molecule has 0 radical (unpaired) electrons. The molecular weight excluding hydrogens is 622 g/mol. The first-order valence-corrected chi connectivity index (χ1v) is 16.8. The van der Waals surface area contributed by atoms with Gasteiger partial charge >= 0.3 is 6.03 Å². The van der Waals surface area contributed by atoms with Gasteiger partial charge in [0.2, 0.25) is 0 Å². The van der Waals surface area contributed by atoms with Crippen LogP contribution < -0.4 is 15.5 Å². The lowest BCUT2D eigenvalue weighted by atomic mass is 9.98. The van der Waals surface area contributed by atoms with Gasteiger partial charge in [-0.2, -0.15) is 0 Å². The fourth-order valence-electron chi connectivity index (χ4n) is 6.43. The molecule has 3 N–H and O–H groups in total. The van der Waals surface area contributed by atoms with Gasteiger partial charge in [-0.1, -0.05) is 60.7 Å². The van der Waals surface area contributed by atoms with Crippen LogP contribution in [-0.4, -0.2) is 66.3 Å². The Kier molecular flexibility index (Phi) is 11.2. The van der Waals surface area contributed by atoms with Gasteiger partial charge in [0.1, 0.15) is 0 Å². The van der Waals surface area contributed by atoms with Crippen molar-refractivity contribution in [1.29, 1.82) is 0 Å². The summed E-state index contributed by atoms with van der Waals surface area (Å²) < 4.78 is 13.3. The zero-order chi connectivity index (χ0) is 34.2. The Morgan fingerprint density at radius 1 is 0.857 bits per heavy atom. The molecule has 2 saturated heterocycles. The molecule has 11 heteroatoms. The Morgan fingerprint density at radius 3 is 2.27 bits per heavy atom. The number of hydrogen-bond donors (Lipinski definition) is 3. The highest BCUT2D eigenvalue weighted by Gasteiger charge is 2.34. The SMILES string of the molecule is CCNC(=O)NCc1cccc(-c2cccc(C3OC(CN4CCN(c5ccc([N+](=O)[O-])cc5)CC4)CC(c4ccc(CO)cc4)O3)c2)c1. The van der Waals surface area contributed by atoms with E-state index in [1.54, 1.807) is 12.1 Å². The van der Waals surface area contributed by atoms with Crippen molar-refractivity contribution in [3.8, 4) is 11.1 Å². The zero-order valence-electron chi connectivity index (χ0n) is 27.7. The molecular formula is C38H43N5O6. The summed E-state index contributed by atoms with van der Waals surface area (Å²) in [7, 11) is 0. The Balaban J connectivity index is 1.16. The number of hydrogen-bond acceptors (Lipinski definition) is 8. The van der Waals surface area contributed by atoms with Crippen LogP contribution in [0.15, 0.2) is 97.1 Å². The lowest BCUT2D eigenvalue weighted by molar-refractivity contribution is -0.384. The van der Waals surface area contributed by atoms with Gasteiger partial charge in [0.15, 0.2) is 6.29 Å². The number of nitrogens with zero attached hydrogens (tertiary/aromatic N) is 3. The van der Waals surface area contributed by atoms with E-state index in [1.807, 2.05) is 67.6 Å². The quantitative estimate of drug-likeness (QED) is 0.133. The highest BCUT2D eigenvalue weighted by molar-refractivity contribution is 5.74. The molecule has 0 bridgehead atoms. The summed E-state index contributed by atoms with van der Waals surface area (Å²) in [6.45, 7) is 6.94. The lowest BCUT2D eigenvalue weighted by Crippen LogP contribution is -2.49. The Bertz CT molecular complexity index is 1710. The molecule has 0 aromatic heterocycles. The molecule has 0 aliphatic carbocycles. The summed E-state index contributed by atoms with van der Waals surface area (Å²) in [6, 6.07) is 30.8. The minimum absolute atomic E-state index is 0.0119. The van der Waals surface area contributed by atoms with Crippen LogP contribution in [0.2, 0.25) is 0 Å². The minimum Gasteiger partial charge on any atom is -0.392 e. The molecule has 4 aromatic carbocycles. The smallest absolute Gasteiger partial charge is 0.315 e. The standard InChI is InChI=1S/C38H43N5O6/c1-2-39-38(45)40-24-28-5-3-6-30(21-28)31-7-4-8-32(22-31)37-48-35(23-36(49-37)29-11-9-27(26-44)10-12-29)25-41-17-19-42(20-18-41)33-13-15-34(16-14-33)43(46)47/h3-16,21-22,35-37,44H,2,17-20,23-26H2,1H3,(H2,39,40,45). The highest BCUT2D eigenvalue weighted by Crippen LogP contribution is 2.39. The number of urea groups is 1. The van der Waals surface area contributed by atoms with E-state index in [-0.39, 0.29) is 35.5 Å². The van der Waals surface area contributed by atoms with Crippen molar-refractivity contribution in [3.05, 3.63) is 129 Å². The summed E-state index contributed by atoms with van der Waals surface area (Å²) in [5.74, 6) is 0. The van der Waals surface area contributed by atoms with Crippen molar-refractivity contribution < 1.29 is 24.3 Å². The number of aliphatic hydroxyl groups excluding tert-OH is 1. The number of amides is 2. The van der Waals surface area contributed by atoms with Gasteiger partial charge < -0.3 is 30.1 Å². The van der Waals surface area contributed by atoms with Crippen molar-refractivity contribution in [2.75, 3.05) is 44.2 Å². The average molecular weight is 666 g/mol. The molecule has 2 aliphatic heterocycles. The number of anilines is 1. The molecule has 49 heavy (non-hydrogen) atoms. The van der Waals surface area contributed by atoms with Crippen molar-refractivity contribution >= 4 is 17.4 Å². The molecule has 3 atom stereocenters. The molecule has 2 fully saturated rings. The lowest BCUT2D eigenvalue weighted by Gasteiger charge is -2.41. The summed E-state index contributed by atoms with van der Waals surface area (Å²) in [6.07, 6.45) is -0.160. The second-order valence-corrected chi connectivity index (χ2v) is 12.5. The van der Waals surface area contributed by atoms with E-state index < -0.39 is 6.29 Å². The number of carbonyl (C=O) groups is 1. The van der Waals surface area contributed by atoms with Crippen LogP contribution in [0.5, 0.6) is 0 Å². The third-order valence-corrected chi connectivity index (χ3v) is 9.08. The molecule has 2 aliphatic rings. The number of nitro groups is 1. The maximum Gasteiger partial charge on any atom is 0.315 e. The van der Waals surface area contributed by atoms with Crippen LogP contribution in [0.1, 0.15) is 48.0 Å². The maximum atomic E-state index is 11.9. The van der Waals surface area contributed by atoms with E-state index in [0.29, 0.717) is 19.5 Å². The summed E-state index contributed by atoms with van der Waals surface area (Å²) in [5.41, 5.74) is 6.96. The van der Waals surface area contributed by atoms with Crippen molar-refractivity contribution in [3.63, 3.8) is 0 Å². The minimum atomic E-state index is -0.579. The second-order valence-electron chi connectivity index (χ2n) is 12.5. The van der Waals surface area contributed by atoms with E-state index in [9.17, 15) is 20.0 Å². The molecule has 4 aromatic rings. The first-order valence-electron chi connectivity index (χ1n) is 16.8. The first-order chi connectivity index (χ1) is 23.9. The number of benzene rings is 4. The van der Waals surface area contributed by atoms with E-state index >= 15 is 0 Å². The third kappa shape index (κ3) is 8.81. The molecule has 0 saturated carbocycles. The van der Waals surface area contributed by atoms with Crippen molar-refractivity contribution in [1.82, 2.24) is 15.5 Å². The van der Waals surface area contributed by atoms with Crippen LogP contribution in [0.25, 0.3) is 11.1 Å². The zero-order valence-corrected chi connectivity index (χ0v) is 27.7. The number of nitrogens with one attached hydrogen (secondary N) is 2. The summed E-state index contributed by atoms with van der Waals surface area (Å²) >= 11 is 0. The maximum absolute atomic E-state index is 11.9. The number of aliphatic hydroxyl groups is 1. The first kappa shape index (κ1) is 34.1. The van der Waals surface area contributed by atoms with Crippen LogP contribution in [0.4, 0.5) is 16.2 Å². The number of piperazine rings is 1. The Hall–Kier alpha value is -4.81. The van der Waals surface area contributed by atoms with Gasteiger partial charge in [0.05, 0.1) is 23.7 Å². The van der Waals surface area contributed by atoms with E-state index in [2.05, 4.69) is 44.7 Å². The fourth-order valence-corrected chi connectivity index (χ4v) is 6.43. The molecule has 0 spiro atoms. The van der Waals surface area contributed by atoms with Crippen molar-refractivity contribution in [2.45, 2.75) is 45.0 Å². The monoisotopic (exact) mass is 665 g/mol. The number of ether oxygens (including phenoxy) is 2. The number of non-ortho nitro benzene ring substituents is 1. The molecule has 11 nitrogen and oxygen atoms in total. The predicted octanol–water partition coefficient (Wildman–Crippen LogP) is 5.94. The van der Waals surface area contributed by atoms with Crippen molar-refractivity contribution in [2.24, 2.45) is 0 Å². The molecule has 6 rings (SSSR count). The van der Waals surface area contributed by atoms with Crippen LogP contribution in [-0.2, 0) is 22.6 Å². The van der Waals surface area contributed by atoms with Gasteiger partial charge in [0.25, 0.3) is 5.69 Å². The normalized spacial score (nSPS) is 19.7. The van der Waals surface area contributed by atoms with Crippen LogP contribution >= 0.6 is 0 Å². The van der Waals surface area contributed by atoms with E-state index in [1.165, 1.54) is 0 Å². The largest absolute Gasteiger partial charge is 0.392 e. The topological polar surface area (TPSA) is 129 Å². The molecule has 256 valence electrons. The van der Waals surface area contributed by atoms with E-state index in [0.717, 1.165) is 71.8 Å². The van der Waals surface area contributed by atoms with Crippen LogP contribution in [0, 0.1) is 10.1 Å². The number of carbonyl (C=O) groups excluding carboxylic acids is 1. The average Bonchev–Trinajstić information content (AvgIpc) is 3.14. The Morgan fingerprint density at radius 2 is 1.57 bits per heavy atom. The van der Waals surface area contributed by atoms with Gasteiger partial charge in [-0.05, 0) is 59.0 Å². The summed E-state index contributed by atoms with van der Waals surface area (Å²) in [4.78, 5) is 27.3. The second kappa shape index (κ2) is 16.1. The third-order valence-electron chi connectivity index (χ3n) is 9.08. The van der Waals surface area contributed by atoms with E-state index in [4.69, 9.17) is 9.47 Å². The molecule has 2 heterocycles. The molecule has 3 unspecified atom stereocenters. The fraction of sp³-hybridized carbons (Fsp3) is 0.342. The van der Waals surface area contributed by atoms with Gasteiger partial charge in [-0.3, -0.25) is 15.0 Å². The van der Waals surface area contributed by atoms with Gasteiger partial charge in [0, 0.05) is 75.6 Å².